The summed E-state index contributed by atoms with van der Waals surface area (Å²) >= 11 is 0. The Morgan fingerprint density at radius 2 is 2.18 bits per heavy atom. The molecule has 1 rings (SSSR count). The third-order valence-corrected chi connectivity index (χ3v) is 2.50. The van der Waals surface area contributed by atoms with Gasteiger partial charge in [-0.25, -0.2) is 4.79 Å². The van der Waals surface area contributed by atoms with Crippen molar-refractivity contribution in [3.8, 4) is 0 Å². The third-order valence-electron chi connectivity index (χ3n) is 2.50. The van der Waals surface area contributed by atoms with E-state index in [0.29, 0.717) is 5.76 Å². The lowest BCUT2D eigenvalue weighted by Gasteiger charge is -2.17. The van der Waals surface area contributed by atoms with E-state index in [1.807, 2.05) is 0 Å². The Morgan fingerprint density at radius 3 is 2.71 bits per heavy atom. The van der Waals surface area contributed by atoms with Crippen molar-refractivity contribution in [1.82, 2.24) is 10.6 Å². The summed E-state index contributed by atoms with van der Waals surface area (Å²) in [6, 6.07) is 2.61. The minimum absolute atomic E-state index is 0.271. The second-order valence-electron chi connectivity index (χ2n) is 3.82. The number of furan rings is 1. The van der Waals surface area contributed by atoms with Crippen LogP contribution in [0.2, 0.25) is 0 Å². The number of nitrogens with one attached hydrogen (secondary N) is 2. The van der Waals surface area contributed by atoms with Gasteiger partial charge in [0.05, 0.1) is 18.7 Å². The van der Waals surface area contributed by atoms with Crippen molar-refractivity contribution < 1.29 is 19.1 Å². The summed E-state index contributed by atoms with van der Waals surface area (Å²) in [5.41, 5.74) is 0. The molecule has 6 nitrogen and oxygen atoms in total. The highest BCUT2D eigenvalue weighted by Gasteiger charge is 2.20. The Bertz CT molecular complexity index is 375. The summed E-state index contributed by atoms with van der Waals surface area (Å²) in [6.45, 7) is 3.46. The van der Waals surface area contributed by atoms with Crippen LogP contribution in [0.25, 0.3) is 0 Å². The van der Waals surface area contributed by atoms with Crippen LogP contribution in [0.5, 0.6) is 0 Å². The molecule has 0 aliphatic carbocycles. The summed E-state index contributed by atoms with van der Waals surface area (Å²) in [6.07, 6.45) is 1.52. The SMILES string of the molecule is CC(NC(=O)NCc1ccco1)C(C)C(=O)O. The molecule has 0 fully saturated rings. The van der Waals surface area contributed by atoms with Crippen molar-refractivity contribution in [2.75, 3.05) is 0 Å². The van der Waals surface area contributed by atoms with Crippen molar-refractivity contribution >= 4 is 12.0 Å². The molecule has 0 bridgehead atoms. The number of carboxylic acid groups (broad SMARTS) is 1. The predicted octanol–water partition coefficient (Wildman–Crippen LogP) is 1.19. The molecule has 2 amide bonds. The van der Waals surface area contributed by atoms with Crippen molar-refractivity contribution in [3.05, 3.63) is 24.2 Å². The van der Waals surface area contributed by atoms with Crippen molar-refractivity contribution in [2.45, 2.75) is 26.4 Å². The van der Waals surface area contributed by atoms with Crippen LogP contribution < -0.4 is 10.6 Å². The lowest BCUT2D eigenvalue weighted by Crippen LogP contribution is -2.44. The standard InChI is InChI=1S/C11H16N2O4/c1-7(10(14)15)8(2)13-11(16)12-6-9-4-3-5-17-9/h3-5,7-8H,6H2,1-2H3,(H,14,15)(H2,12,13,16). The van der Waals surface area contributed by atoms with Gasteiger partial charge in [-0.05, 0) is 26.0 Å². The Balaban J connectivity index is 2.32. The number of hydrogen-bond donors (Lipinski definition) is 3. The van der Waals surface area contributed by atoms with Gasteiger partial charge >= 0.3 is 12.0 Å². The molecular weight excluding hydrogens is 224 g/mol. The van der Waals surface area contributed by atoms with E-state index in [-0.39, 0.29) is 6.54 Å². The normalized spacial score (nSPS) is 13.8. The summed E-state index contributed by atoms with van der Waals surface area (Å²) in [5.74, 6) is -0.938. The molecule has 1 aromatic heterocycles. The number of carbonyl (C=O) groups is 2. The van der Waals surface area contributed by atoms with Gasteiger partial charge in [-0.15, -0.1) is 0 Å². The molecule has 94 valence electrons. The smallest absolute Gasteiger partial charge is 0.315 e. The number of carboxylic acids is 1. The van der Waals surface area contributed by atoms with Gasteiger partial charge in [0.1, 0.15) is 5.76 Å². The first-order chi connectivity index (χ1) is 8.00. The van der Waals surface area contributed by atoms with Crippen LogP contribution >= 0.6 is 0 Å². The van der Waals surface area contributed by atoms with E-state index in [2.05, 4.69) is 10.6 Å². The minimum atomic E-state index is -0.941. The highest BCUT2D eigenvalue weighted by atomic mass is 16.4. The molecule has 2 atom stereocenters. The van der Waals surface area contributed by atoms with Gasteiger partial charge < -0.3 is 20.2 Å². The van der Waals surface area contributed by atoms with Gasteiger partial charge in [-0.1, -0.05) is 0 Å². The first-order valence-corrected chi connectivity index (χ1v) is 5.30. The van der Waals surface area contributed by atoms with Crippen LogP contribution in [0.1, 0.15) is 19.6 Å². The van der Waals surface area contributed by atoms with E-state index >= 15 is 0 Å². The Morgan fingerprint density at radius 1 is 1.47 bits per heavy atom. The zero-order valence-electron chi connectivity index (χ0n) is 9.77. The third kappa shape index (κ3) is 4.18. The molecule has 3 N–H and O–H groups in total. The van der Waals surface area contributed by atoms with Crippen LogP contribution in [0.4, 0.5) is 4.79 Å². The molecular formula is C11H16N2O4. The topological polar surface area (TPSA) is 91.6 Å². The van der Waals surface area contributed by atoms with E-state index in [9.17, 15) is 9.59 Å². The van der Waals surface area contributed by atoms with E-state index in [0.717, 1.165) is 0 Å². The fourth-order valence-electron chi connectivity index (χ4n) is 1.18. The van der Waals surface area contributed by atoms with E-state index in [4.69, 9.17) is 9.52 Å². The Hall–Kier alpha value is -1.98. The van der Waals surface area contributed by atoms with Crippen molar-refractivity contribution in [2.24, 2.45) is 5.92 Å². The van der Waals surface area contributed by atoms with Crippen LogP contribution in [0.3, 0.4) is 0 Å². The minimum Gasteiger partial charge on any atom is -0.481 e. The van der Waals surface area contributed by atoms with E-state index < -0.39 is 24.0 Å². The maximum atomic E-state index is 11.4. The van der Waals surface area contributed by atoms with Gasteiger partial charge in [-0.3, -0.25) is 4.79 Å². The largest absolute Gasteiger partial charge is 0.481 e. The fourth-order valence-corrected chi connectivity index (χ4v) is 1.18. The molecule has 0 aliphatic rings. The monoisotopic (exact) mass is 240 g/mol. The number of hydrogen-bond acceptors (Lipinski definition) is 3. The lowest BCUT2D eigenvalue weighted by atomic mass is 10.0. The molecule has 17 heavy (non-hydrogen) atoms. The van der Waals surface area contributed by atoms with Crippen molar-refractivity contribution in [1.29, 1.82) is 0 Å². The average molecular weight is 240 g/mol. The number of amides is 2. The van der Waals surface area contributed by atoms with Crippen LogP contribution in [-0.2, 0) is 11.3 Å². The molecule has 0 radical (unpaired) electrons. The molecule has 0 aliphatic heterocycles. The number of carbonyl (C=O) groups excluding carboxylic acids is 1. The Kier molecular flexibility index (Phi) is 4.56. The molecule has 6 heteroatoms. The van der Waals surface area contributed by atoms with Crippen LogP contribution in [-0.4, -0.2) is 23.1 Å². The second kappa shape index (κ2) is 5.93. The first-order valence-electron chi connectivity index (χ1n) is 5.30. The molecule has 0 saturated carbocycles. The predicted molar refractivity (Wildman–Crippen MR) is 60.3 cm³/mol. The Labute approximate surface area is 99.0 Å². The summed E-state index contributed by atoms with van der Waals surface area (Å²) in [5, 5.41) is 13.9. The van der Waals surface area contributed by atoms with Gasteiger partial charge in [-0.2, -0.15) is 0 Å². The molecule has 1 aromatic rings. The van der Waals surface area contributed by atoms with Gasteiger partial charge in [0.15, 0.2) is 0 Å². The molecule has 0 saturated heterocycles. The highest BCUT2D eigenvalue weighted by Crippen LogP contribution is 2.02. The van der Waals surface area contributed by atoms with Gasteiger partial charge in [0.25, 0.3) is 0 Å². The number of aliphatic carboxylic acids is 1. The quantitative estimate of drug-likeness (QED) is 0.720. The number of rotatable bonds is 5. The van der Waals surface area contributed by atoms with E-state index in [1.54, 1.807) is 26.0 Å². The summed E-state index contributed by atoms with van der Waals surface area (Å²) in [4.78, 5) is 22.1. The second-order valence-corrected chi connectivity index (χ2v) is 3.82. The maximum absolute atomic E-state index is 11.4. The highest BCUT2D eigenvalue weighted by molar-refractivity contribution is 5.76. The van der Waals surface area contributed by atoms with Crippen LogP contribution in [0, 0.1) is 5.92 Å². The molecule has 2 unspecified atom stereocenters. The lowest BCUT2D eigenvalue weighted by molar-refractivity contribution is -0.141. The summed E-state index contributed by atoms with van der Waals surface area (Å²) < 4.78 is 5.04. The zero-order valence-corrected chi connectivity index (χ0v) is 9.77. The van der Waals surface area contributed by atoms with Crippen molar-refractivity contribution in [3.63, 3.8) is 0 Å². The number of urea groups is 1. The maximum Gasteiger partial charge on any atom is 0.315 e. The fraction of sp³-hybridized carbons (Fsp3) is 0.455. The molecule has 0 spiro atoms. The summed E-state index contributed by atoms with van der Waals surface area (Å²) in [7, 11) is 0. The van der Waals surface area contributed by atoms with E-state index in [1.165, 1.54) is 6.26 Å². The molecule has 0 aromatic carbocycles. The first kappa shape index (κ1) is 13.1. The molecule has 1 heterocycles. The van der Waals surface area contributed by atoms with Gasteiger partial charge in [0, 0.05) is 6.04 Å². The van der Waals surface area contributed by atoms with Crippen LogP contribution in [0.15, 0.2) is 22.8 Å². The van der Waals surface area contributed by atoms with Gasteiger partial charge in [0.2, 0.25) is 0 Å². The average Bonchev–Trinajstić information content (AvgIpc) is 2.77. The zero-order chi connectivity index (χ0) is 12.8.